The Kier molecular flexibility index (Phi) is 6.91. The second-order valence-corrected chi connectivity index (χ2v) is 7.40. The Bertz CT molecular complexity index is 1050. The van der Waals surface area contributed by atoms with Gasteiger partial charge >= 0.3 is 5.97 Å². The first kappa shape index (κ1) is 21.2. The Labute approximate surface area is 177 Å². The Morgan fingerprint density at radius 1 is 0.867 bits per heavy atom. The van der Waals surface area contributed by atoms with Crippen molar-refractivity contribution < 1.29 is 19.4 Å². The number of hydrogen-bond acceptors (Lipinski definition) is 3. The van der Waals surface area contributed by atoms with Crippen LogP contribution >= 0.6 is 0 Å². The summed E-state index contributed by atoms with van der Waals surface area (Å²) in [4.78, 5) is 11.0. The normalized spacial score (nSPS) is 10.9. The van der Waals surface area contributed by atoms with Crippen LogP contribution in [0.2, 0.25) is 0 Å². The summed E-state index contributed by atoms with van der Waals surface area (Å²) in [5, 5.41) is 9.06. The molecule has 4 nitrogen and oxygen atoms in total. The van der Waals surface area contributed by atoms with Crippen molar-refractivity contribution in [1.82, 2.24) is 0 Å². The van der Waals surface area contributed by atoms with E-state index in [1.165, 1.54) is 5.56 Å². The van der Waals surface area contributed by atoms with E-state index in [0.717, 1.165) is 16.7 Å². The van der Waals surface area contributed by atoms with E-state index >= 15 is 0 Å². The predicted molar refractivity (Wildman–Crippen MR) is 119 cm³/mol. The zero-order valence-corrected chi connectivity index (χ0v) is 17.5. The van der Waals surface area contributed by atoms with E-state index in [0.29, 0.717) is 29.4 Å². The minimum atomic E-state index is -0.869. The standard InChI is InChI=1S/C26H26O4/c1-18-6-9-21(10-7-18)5-4-12-29-25-15-19(2)8-11-24(25)30-23-14-20(3)13-22(16-23)17-26(27)28/h4-11,13-16H,12,17H2,1-3H3,(H,27,28)/b5-4+. The predicted octanol–water partition coefficient (Wildman–Crippen LogP) is 6.12. The fourth-order valence-electron chi connectivity index (χ4n) is 3.10. The van der Waals surface area contributed by atoms with Crippen molar-refractivity contribution in [2.75, 3.05) is 6.61 Å². The number of carboxylic acid groups (broad SMARTS) is 1. The quantitative estimate of drug-likeness (QED) is 0.493. The van der Waals surface area contributed by atoms with Crippen LogP contribution in [-0.4, -0.2) is 17.7 Å². The number of carboxylic acids is 1. The highest BCUT2D eigenvalue weighted by Crippen LogP contribution is 2.33. The fourth-order valence-corrected chi connectivity index (χ4v) is 3.10. The van der Waals surface area contributed by atoms with Gasteiger partial charge in [-0.2, -0.15) is 0 Å². The van der Waals surface area contributed by atoms with Crippen molar-refractivity contribution in [3.63, 3.8) is 0 Å². The van der Waals surface area contributed by atoms with Gasteiger partial charge in [-0.3, -0.25) is 4.79 Å². The average Bonchev–Trinajstić information content (AvgIpc) is 2.67. The van der Waals surface area contributed by atoms with Gasteiger partial charge in [0.15, 0.2) is 11.5 Å². The summed E-state index contributed by atoms with van der Waals surface area (Å²) in [6.45, 7) is 6.39. The first-order chi connectivity index (χ1) is 14.4. The third-order valence-electron chi connectivity index (χ3n) is 4.52. The summed E-state index contributed by atoms with van der Waals surface area (Å²) < 4.78 is 12.0. The summed E-state index contributed by atoms with van der Waals surface area (Å²) in [5.74, 6) is 0.961. The number of rotatable bonds is 8. The van der Waals surface area contributed by atoms with Crippen LogP contribution in [0.4, 0.5) is 0 Å². The summed E-state index contributed by atoms with van der Waals surface area (Å²) in [6, 6.07) is 19.5. The van der Waals surface area contributed by atoms with Crippen molar-refractivity contribution in [2.24, 2.45) is 0 Å². The van der Waals surface area contributed by atoms with Crippen molar-refractivity contribution in [2.45, 2.75) is 27.2 Å². The molecule has 0 aromatic heterocycles. The van der Waals surface area contributed by atoms with Gasteiger partial charge in [-0.15, -0.1) is 0 Å². The van der Waals surface area contributed by atoms with E-state index in [-0.39, 0.29) is 6.42 Å². The molecule has 0 unspecified atom stereocenters. The maximum atomic E-state index is 11.0. The molecule has 0 amide bonds. The van der Waals surface area contributed by atoms with Crippen LogP contribution in [0.5, 0.6) is 17.2 Å². The van der Waals surface area contributed by atoms with Gasteiger partial charge in [-0.05, 0) is 73.4 Å². The van der Waals surface area contributed by atoms with Crippen LogP contribution in [-0.2, 0) is 11.2 Å². The number of aliphatic carboxylic acids is 1. The lowest BCUT2D eigenvalue weighted by molar-refractivity contribution is -0.136. The summed E-state index contributed by atoms with van der Waals surface area (Å²) in [7, 11) is 0. The van der Waals surface area contributed by atoms with Crippen molar-refractivity contribution in [1.29, 1.82) is 0 Å². The molecule has 0 saturated heterocycles. The van der Waals surface area contributed by atoms with E-state index in [1.54, 1.807) is 6.07 Å². The van der Waals surface area contributed by atoms with Gasteiger partial charge in [-0.25, -0.2) is 0 Å². The van der Waals surface area contributed by atoms with Gasteiger partial charge in [-0.1, -0.05) is 48.0 Å². The summed E-state index contributed by atoms with van der Waals surface area (Å²) in [5.41, 5.74) is 5.06. The molecule has 4 heteroatoms. The molecular formula is C26H26O4. The van der Waals surface area contributed by atoms with Crippen LogP contribution in [0.15, 0.2) is 66.7 Å². The minimum Gasteiger partial charge on any atom is -0.486 e. The number of aryl methyl sites for hydroxylation is 3. The molecule has 30 heavy (non-hydrogen) atoms. The highest BCUT2D eigenvalue weighted by Gasteiger charge is 2.09. The molecule has 0 saturated carbocycles. The van der Waals surface area contributed by atoms with Gasteiger partial charge < -0.3 is 14.6 Å². The van der Waals surface area contributed by atoms with Gasteiger partial charge in [0.2, 0.25) is 0 Å². The maximum Gasteiger partial charge on any atom is 0.307 e. The zero-order valence-electron chi connectivity index (χ0n) is 17.5. The lowest BCUT2D eigenvalue weighted by atomic mass is 10.1. The topological polar surface area (TPSA) is 55.8 Å². The first-order valence-electron chi connectivity index (χ1n) is 9.86. The first-order valence-corrected chi connectivity index (χ1v) is 9.86. The molecule has 1 N–H and O–H groups in total. The molecule has 0 heterocycles. The summed E-state index contributed by atoms with van der Waals surface area (Å²) >= 11 is 0. The molecule has 0 aliphatic rings. The smallest absolute Gasteiger partial charge is 0.307 e. The average molecular weight is 402 g/mol. The van der Waals surface area contributed by atoms with Crippen LogP contribution in [0.25, 0.3) is 6.08 Å². The molecule has 0 aliphatic heterocycles. The van der Waals surface area contributed by atoms with Crippen LogP contribution in [0.3, 0.4) is 0 Å². The maximum absolute atomic E-state index is 11.0. The minimum absolute atomic E-state index is 0.0426. The highest BCUT2D eigenvalue weighted by atomic mass is 16.5. The van der Waals surface area contributed by atoms with Crippen LogP contribution in [0.1, 0.15) is 27.8 Å². The second-order valence-electron chi connectivity index (χ2n) is 7.40. The molecule has 0 spiro atoms. The molecule has 3 aromatic rings. The molecule has 0 atom stereocenters. The zero-order chi connectivity index (χ0) is 21.5. The Morgan fingerprint density at radius 2 is 1.60 bits per heavy atom. The molecular weight excluding hydrogens is 376 g/mol. The number of hydrogen-bond donors (Lipinski definition) is 1. The lowest BCUT2D eigenvalue weighted by Gasteiger charge is -2.14. The fraction of sp³-hybridized carbons (Fsp3) is 0.192. The Hall–Kier alpha value is -3.53. The van der Waals surface area contributed by atoms with Crippen LogP contribution < -0.4 is 9.47 Å². The number of benzene rings is 3. The van der Waals surface area contributed by atoms with Gasteiger partial charge in [0, 0.05) is 0 Å². The molecule has 0 radical (unpaired) electrons. The molecule has 3 rings (SSSR count). The van der Waals surface area contributed by atoms with E-state index in [2.05, 4.69) is 31.2 Å². The SMILES string of the molecule is Cc1ccc(/C=C/COc2cc(C)ccc2Oc2cc(C)cc(CC(=O)O)c2)cc1. The largest absolute Gasteiger partial charge is 0.486 e. The third-order valence-corrected chi connectivity index (χ3v) is 4.52. The van der Waals surface area contributed by atoms with Gasteiger partial charge in [0.05, 0.1) is 6.42 Å². The van der Waals surface area contributed by atoms with Crippen molar-refractivity contribution in [3.8, 4) is 17.2 Å². The van der Waals surface area contributed by atoms with E-state index in [9.17, 15) is 4.79 Å². The highest BCUT2D eigenvalue weighted by molar-refractivity contribution is 5.70. The molecule has 0 fully saturated rings. The van der Waals surface area contributed by atoms with E-state index in [1.807, 2.05) is 56.3 Å². The van der Waals surface area contributed by atoms with Crippen molar-refractivity contribution >= 4 is 12.0 Å². The number of carbonyl (C=O) groups is 1. The molecule has 3 aromatic carbocycles. The van der Waals surface area contributed by atoms with Crippen LogP contribution in [0, 0.1) is 20.8 Å². The van der Waals surface area contributed by atoms with E-state index < -0.39 is 5.97 Å². The monoisotopic (exact) mass is 402 g/mol. The van der Waals surface area contributed by atoms with Gasteiger partial charge in [0.25, 0.3) is 0 Å². The number of ether oxygens (including phenoxy) is 2. The molecule has 0 bridgehead atoms. The van der Waals surface area contributed by atoms with E-state index in [4.69, 9.17) is 14.6 Å². The molecule has 154 valence electrons. The Balaban J connectivity index is 1.73. The third kappa shape index (κ3) is 6.24. The Morgan fingerprint density at radius 3 is 2.33 bits per heavy atom. The second kappa shape index (κ2) is 9.79. The van der Waals surface area contributed by atoms with Crippen molar-refractivity contribution in [3.05, 3.63) is 94.6 Å². The van der Waals surface area contributed by atoms with Gasteiger partial charge in [0.1, 0.15) is 12.4 Å². The lowest BCUT2D eigenvalue weighted by Crippen LogP contribution is -2.01. The summed E-state index contributed by atoms with van der Waals surface area (Å²) in [6.07, 6.45) is 3.95. The molecule has 0 aliphatic carbocycles.